The van der Waals surface area contributed by atoms with Crippen molar-refractivity contribution in [1.82, 2.24) is 0 Å². The number of hydrogen-bond acceptors (Lipinski definition) is 4. The van der Waals surface area contributed by atoms with Gasteiger partial charge in [0, 0.05) is 0 Å². The third-order valence-corrected chi connectivity index (χ3v) is 3.92. The Kier molecular flexibility index (Phi) is 5.83. The highest BCUT2D eigenvalue weighted by Crippen LogP contribution is 2.26. The van der Waals surface area contributed by atoms with Crippen molar-refractivity contribution < 1.29 is 14.9 Å². The Morgan fingerprint density at radius 3 is 2.95 bits per heavy atom. The smallest absolute Gasteiger partial charge is 0.119 e. The largest absolute Gasteiger partial charge is 0.493 e. The van der Waals surface area contributed by atoms with Crippen molar-refractivity contribution >= 4 is 0 Å². The number of aliphatic hydroxyl groups excluding tert-OH is 2. The molecule has 0 heterocycles. The van der Waals surface area contributed by atoms with Crippen LogP contribution in [0.1, 0.15) is 43.8 Å². The van der Waals surface area contributed by atoms with Gasteiger partial charge in [-0.3, -0.25) is 0 Å². The molecule has 0 aromatic heterocycles. The van der Waals surface area contributed by atoms with Gasteiger partial charge in [-0.2, -0.15) is 0 Å². The molecule has 2 rings (SSSR count). The van der Waals surface area contributed by atoms with Crippen molar-refractivity contribution in [2.45, 2.75) is 44.3 Å². The molecule has 0 aliphatic heterocycles. The molecule has 0 amide bonds. The van der Waals surface area contributed by atoms with Crippen molar-refractivity contribution in [2.75, 3.05) is 13.2 Å². The predicted molar refractivity (Wildman–Crippen MR) is 78.5 cm³/mol. The number of rotatable bonds is 6. The van der Waals surface area contributed by atoms with E-state index in [1.54, 1.807) is 0 Å². The van der Waals surface area contributed by atoms with Crippen molar-refractivity contribution in [3.63, 3.8) is 0 Å². The Labute approximate surface area is 120 Å². The third kappa shape index (κ3) is 4.47. The summed E-state index contributed by atoms with van der Waals surface area (Å²) < 4.78 is 5.81. The molecule has 1 saturated carbocycles. The van der Waals surface area contributed by atoms with Gasteiger partial charge in [0.15, 0.2) is 0 Å². The standard InChI is InChI=1S/C16H25NO3/c17-8-7-16(19)13-4-2-6-15(10-13)20-11-12-3-1-5-14(18)9-12/h2,4,6,10,12,14,16,18-19H,1,3,5,7-9,11,17H2/t12-,14?,16+/m0/s1. The Morgan fingerprint density at radius 2 is 2.20 bits per heavy atom. The maximum atomic E-state index is 9.93. The maximum Gasteiger partial charge on any atom is 0.119 e. The van der Waals surface area contributed by atoms with E-state index in [-0.39, 0.29) is 6.10 Å². The first-order valence-corrected chi connectivity index (χ1v) is 7.48. The quantitative estimate of drug-likeness (QED) is 0.744. The lowest BCUT2D eigenvalue weighted by Crippen LogP contribution is -2.24. The van der Waals surface area contributed by atoms with Crippen molar-refractivity contribution in [2.24, 2.45) is 11.7 Å². The fraction of sp³-hybridized carbons (Fsp3) is 0.625. The topological polar surface area (TPSA) is 75.7 Å². The molecule has 112 valence electrons. The van der Waals surface area contributed by atoms with Crippen molar-refractivity contribution in [3.05, 3.63) is 29.8 Å². The fourth-order valence-corrected chi connectivity index (χ4v) is 2.76. The second kappa shape index (κ2) is 7.62. The summed E-state index contributed by atoms with van der Waals surface area (Å²) in [5.41, 5.74) is 6.30. The van der Waals surface area contributed by atoms with E-state index >= 15 is 0 Å². The van der Waals surface area contributed by atoms with Crippen LogP contribution in [0.3, 0.4) is 0 Å². The van der Waals surface area contributed by atoms with Crippen LogP contribution in [0.2, 0.25) is 0 Å². The first kappa shape index (κ1) is 15.3. The van der Waals surface area contributed by atoms with Gasteiger partial charge in [0.1, 0.15) is 5.75 Å². The van der Waals surface area contributed by atoms with Crippen LogP contribution in [-0.4, -0.2) is 29.5 Å². The summed E-state index contributed by atoms with van der Waals surface area (Å²) in [6.45, 7) is 1.10. The summed E-state index contributed by atoms with van der Waals surface area (Å²) >= 11 is 0. The summed E-state index contributed by atoms with van der Waals surface area (Å²) in [7, 11) is 0. The number of aliphatic hydroxyl groups is 2. The molecule has 1 aliphatic rings. The SMILES string of the molecule is NCC[C@@H](O)c1cccc(OC[C@H]2CCCC(O)C2)c1. The minimum atomic E-state index is -0.528. The molecule has 0 spiro atoms. The second-order valence-corrected chi connectivity index (χ2v) is 5.66. The zero-order valence-corrected chi connectivity index (χ0v) is 11.9. The van der Waals surface area contributed by atoms with Gasteiger partial charge in [0.05, 0.1) is 18.8 Å². The third-order valence-electron chi connectivity index (χ3n) is 3.92. The van der Waals surface area contributed by atoms with Gasteiger partial charge in [0.2, 0.25) is 0 Å². The highest BCUT2D eigenvalue weighted by atomic mass is 16.5. The van der Waals surface area contributed by atoms with Crippen LogP contribution < -0.4 is 10.5 Å². The maximum absolute atomic E-state index is 9.93. The molecular formula is C16H25NO3. The van der Waals surface area contributed by atoms with E-state index in [1.807, 2.05) is 24.3 Å². The lowest BCUT2D eigenvalue weighted by Gasteiger charge is -2.25. The summed E-state index contributed by atoms with van der Waals surface area (Å²) in [6, 6.07) is 7.55. The van der Waals surface area contributed by atoms with E-state index in [0.717, 1.165) is 37.0 Å². The average Bonchev–Trinajstić information content (AvgIpc) is 2.46. The highest BCUT2D eigenvalue weighted by Gasteiger charge is 2.20. The zero-order valence-electron chi connectivity index (χ0n) is 11.9. The minimum absolute atomic E-state index is 0.171. The number of ether oxygens (including phenoxy) is 1. The van der Waals surface area contributed by atoms with Crippen molar-refractivity contribution in [3.8, 4) is 5.75 Å². The zero-order chi connectivity index (χ0) is 14.4. The first-order chi connectivity index (χ1) is 9.69. The van der Waals surface area contributed by atoms with Crippen LogP contribution in [0.25, 0.3) is 0 Å². The molecule has 1 fully saturated rings. The molecular weight excluding hydrogens is 254 g/mol. The Balaban J connectivity index is 1.87. The lowest BCUT2D eigenvalue weighted by molar-refractivity contribution is 0.0809. The number of benzene rings is 1. The summed E-state index contributed by atoms with van der Waals surface area (Å²) in [6.07, 6.45) is 3.79. The molecule has 0 radical (unpaired) electrons. The van der Waals surface area contributed by atoms with Gasteiger partial charge in [-0.25, -0.2) is 0 Å². The molecule has 1 aromatic rings. The minimum Gasteiger partial charge on any atom is -0.493 e. The van der Waals surface area contributed by atoms with Gasteiger partial charge in [-0.1, -0.05) is 18.6 Å². The normalized spacial score (nSPS) is 24.4. The lowest BCUT2D eigenvalue weighted by atomic mass is 9.88. The van der Waals surface area contributed by atoms with E-state index in [0.29, 0.717) is 25.5 Å². The van der Waals surface area contributed by atoms with Gasteiger partial charge < -0.3 is 20.7 Å². The molecule has 1 aromatic carbocycles. The van der Waals surface area contributed by atoms with E-state index in [9.17, 15) is 10.2 Å². The monoisotopic (exact) mass is 279 g/mol. The Morgan fingerprint density at radius 1 is 1.35 bits per heavy atom. The van der Waals surface area contributed by atoms with Crippen LogP contribution in [0.15, 0.2) is 24.3 Å². The van der Waals surface area contributed by atoms with E-state index in [2.05, 4.69) is 0 Å². The Hall–Kier alpha value is -1.10. The predicted octanol–water partition coefficient (Wildman–Crippen LogP) is 2.00. The highest BCUT2D eigenvalue weighted by molar-refractivity contribution is 5.29. The van der Waals surface area contributed by atoms with Gasteiger partial charge in [-0.05, 0) is 55.8 Å². The first-order valence-electron chi connectivity index (χ1n) is 7.48. The van der Waals surface area contributed by atoms with Gasteiger partial charge >= 0.3 is 0 Å². The fourth-order valence-electron chi connectivity index (χ4n) is 2.76. The molecule has 20 heavy (non-hydrogen) atoms. The van der Waals surface area contributed by atoms with Crippen LogP contribution in [0.5, 0.6) is 5.75 Å². The van der Waals surface area contributed by atoms with Crippen LogP contribution >= 0.6 is 0 Å². The second-order valence-electron chi connectivity index (χ2n) is 5.66. The molecule has 0 bridgehead atoms. The summed E-state index contributed by atoms with van der Waals surface area (Å²) in [5.74, 6) is 1.20. The molecule has 1 aliphatic carbocycles. The number of nitrogens with two attached hydrogens (primary N) is 1. The van der Waals surface area contributed by atoms with Crippen LogP contribution in [0, 0.1) is 5.92 Å². The molecule has 1 unspecified atom stereocenters. The van der Waals surface area contributed by atoms with Gasteiger partial charge in [0.25, 0.3) is 0 Å². The molecule has 3 atom stereocenters. The summed E-state index contributed by atoms with van der Waals surface area (Å²) in [5, 5.41) is 19.6. The van der Waals surface area contributed by atoms with Gasteiger partial charge in [-0.15, -0.1) is 0 Å². The Bertz CT molecular complexity index is 410. The molecule has 4 N–H and O–H groups in total. The number of hydrogen-bond donors (Lipinski definition) is 3. The van der Waals surface area contributed by atoms with E-state index < -0.39 is 6.10 Å². The van der Waals surface area contributed by atoms with E-state index in [1.165, 1.54) is 0 Å². The van der Waals surface area contributed by atoms with Crippen LogP contribution in [0.4, 0.5) is 0 Å². The summed E-state index contributed by atoms with van der Waals surface area (Å²) in [4.78, 5) is 0. The molecule has 4 nitrogen and oxygen atoms in total. The average molecular weight is 279 g/mol. The molecule has 0 saturated heterocycles. The van der Waals surface area contributed by atoms with Crippen molar-refractivity contribution in [1.29, 1.82) is 0 Å². The molecule has 4 heteroatoms. The van der Waals surface area contributed by atoms with E-state index in [4.69, 9.17) is 10.5 Å². The van der Waals surface area contributed by atoms with Crippen LogP contribution in [-0.2, 0) is 0 Å².